The molecule has 3 rings (SSSR count). The highest BCUT2D eigenvalue weighted by Crippen LogP contribution is 2.23. The maximum atomic E-state index is 12.7. The fourth-order valence-electron chi connectivity index (χ4n) is 2.96. The first-order valence-corrected chi connectivity index (χ1v) is 7.99. The number of carbonyl (C=O) groups is 2. The summed E-state index contributed by atoms with van der Waals surface area (Å²) in [5.74, 6) is -1.27. The van der Waals surface area contributed by atoms with Crippen molar-refractivity contribution in [3.63, 3.8) is 0 Å². The first-order valence-electron chi connectivity index (χ1n) is 7.99. The molecule has 7 heteroatoms. The van der Waals surface area contributed by atoms with E-state index in [4.69, 9.17) is 0 Å². The van der Waals surface area contributed by atoms with Crippen molar-refractivity contribution in [1.82, 2.24) is 9.88 Å². The number of non-ortho nitro benzene ring substituents is 1. The van der Waals surface area contributed by atoms with Gasteiger partial charge in [-0.15, -0.1) is 0 Å². The van der Waals surface area contributed by atoms with E-state index in [1.54, 1.807) is 25.1 Å². The molecule has 0 saturated carbocycles. The Balaban J connectivity index is 1.84. The van der Waals surface area contributed by atoms with E-state index in [-0.39, 0.29) is 12.2 Å². The Morgan fingerprint density at radius 2 is 1.88 bits per heavy atom. The van der Waals surface area contributed by atoms with Crippen LogP contribution in [0.3, 0.4) is 0 Å². The lowest BCUT2D eigenvalue weighted by molar-refractivity contribution is -0.384. The third-order valence-electron chi connectivity index (χ3n) is 4.20. The third-order valence-corrected chi connectivity index (χ3v) is 4.20. The summed E-state index contributed by atoms with van der Waals surface area (Å²) in [6.07, 6.45) is 0. The van der Waals surface area contributed by atoms with Crippen LogP contribution in [0.1, 0.15) is 21.6 Å². The lowest BCUT2D eigenvalue weighted by Crippen LogP contribution is -2.33. The van der Waals surface area contributed by atoms with Gasteiger partial charge in [-0.25, -0.2) is 0 Å². The molecule has 0 spiro atoms. The van der Waals surface area contributed by atoms with Gasteiger partial charge in [0.05, 0.1) is 10.5 Å². The smallest absolute Gasteiger partial charge is 0.295 e. The van der Waals surface area contributed by atoms with E-state index < -0.39 is 16.6 Å². The predicted molar refractivity (Wildman–Crippen MR) is 96.9 cm³/mol. The monoisotopic (exact) mass is 351 g/mol. The second-order valence-electron chi connectivity index (χ2n) is 6.09. The summed E-state index contributed by atoms with van der Waals surface area (Å²) in [7, 11) is 1.50. The summed E-state index contributed by atoms with van der Waals surface area (Å²) in [6.45, 7) is 1.86. The minimum absolute atomic E-state index is 0.0536. The molecule has 0 radical (unpaired) electrons. The van der Waals surface area contributed by atoms with Crippen molar-refractivity contribution in [3.05, 3.63) is 75.5 Å². The second kappa shape index (κ2) is 6.79. The van der Waals surface area contributed by atoms with Crippen LogP contribution in [0.25, 0.3) is 10.9 Å². The Morgan fingerprint density at radius 3 is 2.62 bits per heavy atom. The van der Waals surface area contributed by atoms with Crippen LogP contribution in [0.15, 0.2) is 48.5 Å². The van der Waals surface area contributed by atoms with Gasteiger partial charge in [-0.2, -0.15) is 0 Å². The Morgan fingerprint density at radius 1 is 1.15 bits per heavy atom. The topological polar surface area (TPSA) is 96.3 Å². The van der Waals surface area contributed by atoms with Gasteiger partial charge >= 0.3 is 0 Å². The van der Waals surface area contributed by atoms with Crippen molar-refractivity contribution in [2.24, 2.45) is 0 Å². The zero-order valence-corrected chi connectivity index (χ0v) is 14.4. The molecular weight excluding hydrogens is 334 g/mol. The first-order chi connectivity index (χ1) is 12.4. The molecule has 0 saturated heterocycles. The van der Waals surface area contributed by atoms with Crippen molar-refractivity contribution in [2.75, 3.05) is 7.05 Å². The number of amides is 1. The largest absolute Gasteiger partial charge is 0.358 e. The Labute approximate surface area is 149 Å². The van der Waals surface area contributed by atoms with Gasteiger partial charge in [-0.1, -0.05) is 30.3 Å². The highest BCUT2D eigenvalue weighted by Gasteiger charge is 2.25. The van der Waals surface area contributed by atoms with Crippen LogP contribution in [0.4, 0.5) is 5.69 Å². The van der Waals surface area contributed by atoms with Gasteiger partial charge in [0.15, 0.2) is 0 Å². The van der Waals surface area contributed by atoms with Crippen LogP contribution in [0, 0.1) is 17.0 Å². The highest BCUT2D eigenvalue weighted by atomic mass is 16.6. The minimum Gasteiger partial charge on any atom is -0.358 e. The summed E-state index contributed by atoms with van der Waals surface area (Å²) in [5.41, 5.74) is 2.31. The Bertz CT molecular complexity index is 1020. The van der Waals surface area contributed by atoms with Crippen LogP contribution in [-0.2, 0) is 11.3 Å². The number of rotatable bonds is 5. The number of para-hydroxylation sites is 1. The highest BCUT2D eigenvalue weighted by molar-refractivity contribution is 6.45. The van der Waals surface area contributed by atoms with Gasteiger partial charge in [-0.3, -0.25) is 19.7 Å². The number of carbonyl (C=O) groups excluding carboxylic acids is 2. The zero-order valence-electron chi connectivity index (χ0n) is 14.4. The molecule has 26 heavy (non-hydrogen) atoms. The lowest BCUT2D eigenvalue weighted by Gasteiger charge is -2.16. The van der Waals surface area contributed by atoms with Crippen molar-refractivity contribution >= 4 is 28.3 Å². The number of likely N-dealkylation sites (N-methyl/N-ethyl adjacent to an activating group) is 1. The standard InChI is InChI=1S/C19H17N3O4/c1-12-17(15-8-3-4-9-16(15)20-12)18(23)19(24)21(2)11-13-6-5-7-14(10-13)22(25)26/h3-10,20H,11H2,1-2H3. The number of aromatic nitrogens is 1. The Hall–Kier alpha value is -3.48. The summed E-state index contributed by atoms with van der Waals surface area (Å²) < 4.78 is 0. The van der Waals surface area contributed by atoms with Crippen LogP contribution in [0.5, 0.6) is 0 Å². The normalized spacial score (nSPS) is 10.7. The van der Waals surface area contributed by atoms with Crippen molar-refractivity contribution in [3.8, 4) is 0 Å². The molecule has 3 aromatic rings. The van der Waals surface area contributed by atoms with Gasteiger partial charge in [0.2, 0.25) is 0 Å². The SMILES string of the molecule is Cc1[nH]c2ccccc2c1C(=O)C(=O)N(C)Cc1cccc([N+](=O)[O-])c1. The van der Waals surface area contributed by atoms with Gasteiger partial charge < -0.3 is 9.88 Å². The number of nitrogens with one attached hydrogen (secondary N) is 1. The van der Waals surface area contributed by atoms with E-state index in [2.05, 4.69) is 4.98 Å². The van der Waals surface area contributed by atoms with E-state index in [9.17, 15) is 19.7 Å². The molecule has 1 heterocycles. The maximum absolute atomic E-state index is 12.7. The number of benzene rings is 2. The summed E-state index contributed by atoms with van der Waals surface area (Å²) in [4.78, 5) is 40.1. The summed E-state index contributed by atoms with van der Waals surface area (Å²) >= 11 is 0. The van der Waals surface area contributed by atoms with Gasteiger partial charge in [0.1, 0.15) is 0 Å². The molecule has 1 amide bonds. The number of hydrogen-bond acceptors (Lipinski definition) is 4. The molecule has 1 N–H and O–H groups in total. The molecule has 0 aliphatic heterocycles. The summed E-state index contributed by atoms with van der Waals surface area (Å²) in [6, 6.07) is 13.3. The first kappa shape index (κ1) is 17.3. The number of H-pyrrole nitrogens is 1. The fraction of sp³-hybridized carbons (Fsp3) is 0.158. The third kappa shape index (κ3) is 3.19. The molecule has 132 valence electrons. The minimum atomic E-state index is -0.663. The van der Waals surface area contributed by atoms with E-state index in [0.29, 0.717) is 22.2 Å². The molecule has 0 aliphatic carbocycles. The summed E-state index contributed by atoms with van der Waals surface area (Å²) in [5, 5.41) is 11.6. The Kier molecular flexibility index (Phi) is 4.53. The number of aryl methyl sites for hydroxylation is 1. The van der Waals surface area contributed by atoms with Crippen LogP contribution >= 0.6 is 0 Å². The molecule has 2 aromatic carbocycles. The number of Topliss-reactive ketones (excluding diaryl/α,β-unsaturated/α-hetero) is 1. The number of nitro benzene ring substituents is 1. The number of hydrogen-bond donors (Lipinski definition) is 1. The van der Waals surface area contributed by atoms with Crippen LogP contribution in [0.2, 0.25) is 0 Å². The van der Waals surface area contributed by atoms with Crippen molar-refractivity contribution < 1.29 is 14.5 Å². The van der Waals surface area contributed by atoms with E-state index in [1.807, 2.05) is 18.2 Å². The van der Waals surface area contributed by atoms with Crippen LogP contribution < -0.4 is 0 Å². The van der Waals surface area contributed by atoms with E-state index in [0.717, 1.165) is 5.52 Å². The van der Waals surface area contributed by atoms with E-state index in [1.165, 1.54) is 24.1 Å². The predicted octanol–water partition coefficient (Wildman–Crippen LogP) is 3.23. The van der Waals surface area contributed by atoms with Gasteiger partial charge in [0.25, 0.3) is 17.4 Å². The molecule has 0 fully saturated rings. The molecule has 0 atom stereocenters. The van der Waals surface area contributed by atoms with Gasteiger partial charge in [-0.05, 0) is 18.6 Å². The molecule has 7 nitrogen and oxygen atoms in total. The molecule has 1 aromatic heterocycles. The number of ketones is 1. The number of fused-ring (bicyclic) bond motifs is 1. The van der Waals surface area contributed by atoms with E-state index >= 15 is 0 Å². The number of nitrogens with zero attached hydrogens (tertiary/aromatic N) is 2. The quantitative estimate of drug-likeness (QED) is 0.330. The van der Waals surface area contributed by atoms with Crippen molar-refractivity contribution in [2.45, 2.75) is 13.5 Å². The maximum Gasteiger partial charge on any atom is 0.295 e. The lowest BCUT2D eigenvalue weighted by atomic mass is 10.1. The fourth-order valence-corrected chi connectivity index (χ4v) is 2.96. The molecular formula is C19H17N3O4. The number of nitro groups is 1. The molecule has 0 aliphatic rings. The van der Waals surface area contributed by atoms with Crippen molar-refractivity contribution in [1.29, 1.82) is 0 Å². The zero-order chi connectivity index (χ0) is 18.8. The number of aromatic amines is 1. The average Bonchev–Trinajstić information content (AvgIpc) is 2.96. The second-order valence-corrected chi connectivity index (χ2v) is 6.09. The molecule has 0 bridgehead atoms. The molecule has 0 unspecified atom stereocenters. The van der Waals surface area contributed by atoms with Gasteiger partial charge in [0, 0.05) is 42.3 Å². The average molecular weight is 351 g/mol. The van der Waals surface area contributed by atoms with Crippen LogP contribution in [-0.4, -0.2) is 33.5 Å².